The van der Waals surface area contributed by atoms with Crippen LogP contribution in [0.5, 0.6) is 0 Å². The Hall–Kier alpha value is -0.860. The van der Waals surface area contributed by atoms with Crippen molar-refractivity contribution in [1.29, 1.82) is 0 Å². The van der Waals surface area contributed by atoms with Crippen molar-refractivity contribution in [3.05, 3.63) is 0 Å². The molecule has 3 nitrogen and oxygen atoms in total. The van der Waals surface area contributed by atoms with Crippen LogP contribution in [0.2, 0.25) is 0 Å². The fraction of sp³-hybridized carbons (Fsp3) is 0.946. The fourth-order valence-corrected chi connectivity index (χ4v) is 7.51. The summed E-state index contributed by atoms with van der Waals surface area (Å²) < 4.78 is 0. The monoisotopic (exact) mass is 563 g/mol. The summed E-state index contributed by atoms with van der Waals surface area (Å²) in [7, 11) is 0. The first kappa shape index (κ1) is 37.2. The second kappa shape index (κ2) is 25.8. The average molecular weight is 563 g/mol. The summed E-state index contributed by atoms with van der Waals surface area (Å²) in [4.78, 5) is 22.2. The SMILES string of the molecule is CCCCCCCCC1CC(CCCCCCC(C)=O)C(CCCCCCC(=O)O)CC1CCCCCCCC. The van der Waals surface area contributed by atoms with Gasteiger partial charge >= 0.3 is 5.97 Å². The number of carboxylic acids is 1. The van der Waals surface area contributed by atoms with Crippen molar-refractivity contribution in [3.63, 3.8) is 0 Å². The van der Waals surface area contributed by atoms with Gasteiger partial charge in [-0.1, -0.05) is 155 Å². The lowest BCUT2D eigenvalue weighted by Crippen LogP contribution is -2.32. The molecule has 1 fully saturated rings. The maximum Gasteiger partial charge on any atom is 0.303 e. The Morgan fingerprint density at radius 1 is 0.475 bits per heavy atom. The number of hydrogen-bond acceptors (Lipinski definition) is 2. The number of hydrogen-bond donors (Lipinski definition) is 1. The van der Waals surface area contributed by atoms with Gasteiger partial charge in [0.15, 0.2) is 0 Å². The second-order valence-corrected chi connectivity index (χ2v) is 13.6. The molecule has 1 aliphatic carbocycles. The van der Waals surface area contributed by atoms with Gasteiger partial charge in [0.2, 0.25) is 0 Å². The summed E-state index contributed by atoms with van der Waals surface area (Å²) in [6.45, 7) is 6.34. The van der Waals surface area contributed by atoms with Gasteiger partial charge in [0, 0.05) is 12.8 Å². The zero-order valence-electron chi connectivity index (χ0n) is 27.4. The van der Waals surface area contributed by atoms with Gasteiger partial charge in [0.1, 0.15) is 5.78 Å². The molecule has 0 amide bonds. The van der Waals surface area contributed by atoms with Crippen LogP contribution in [0, 0.1) is 23.7 Å². The van der Waals surface area contributed by atoms with Gasteiger partial charge in [-0.3, -0.25) is 4.79 Å². The molecule has 0 radical (unpaired) electrons. The van der Waals surface area contributed by atoms with Gasteiger partial charge in [-0.25, -0.2) is 0 Å². The molecule has 236 valence electrons. The number of unbranched alkanes of at least 4 members (excludes halogenated alkanes) is 16. The van der Waals surface area contributed by atoms with Crippen LogP contribution in [0.25, 0.3) is 0 Å². The lowest BCUT2D eigenvalue weighted by molar-refractivity contribution is -0.137. The van der Waals surface area contributed by atoms with E-state index in [-0.39, 0.29) is 0 Å². The zero-order chi connectivity index (χ0) is 29.3. The topological polar surface area (TPSA) is 54.4 Å². The molecule has 0 aliphatic heterocycles. The number of aliphatic carboxylic acids is 1. The average Bonchev–Trinajstić information content (AvgIpc) is 2.92. The lowest BCUT2D eigenvalue weighted by atomic mass is 9.63. The minimum atomic E-state index is -0.649. The van der Waals surface area contributed by atoms with E-state index in [1.54, 1.807) is 6.92 Å². The molecule has 1 N–H and O–H groups in total. The Kier molecular flexibility index (Phi) is 24.0. The molecule has 0 bridgehead atoms. The van der Waals surface area contributed by atoms with E-state index in [1.165, 1.54) is 148 Å². The molecule has 40 heavy (non-hydrogen) atoms. The Bertz CT molecular complexity index is 548. The second-order valence-electron chi connectivity index (χ2n) is 13.6. The molecule has 4 atom stereocenters. The molecule has 1 rings (SSSR count). The van der Waals surface area contributed by atoms with Crippen LogP contribution in [0.15, 0.2) is 0 Å². The maximum atomic E-state index is 11.3. The molecule has 0 spiro atoms. The van der Waals surface area contributed by atoms with E-state index in [0.29, 0.717) is 12.2 Å². The van der Waals surface area contributed by atoms with Gasteiger partial charge in [-0.2, -0.15) is 0 Å². The molecule has 3 heteroatoms. The third kappa shape index (κ3) is 20.1. The minimum Gasteiger partial charge on any atom is -0.481 e. The molecule has 1 aliphatic rings. The zero-order valence-corrected chi connectivity index (χ0v) is 27.4. The van der Waals surface area contributed by atoms with Crippen molar-refractivity contribution in [2.75, 3.05) is 0 Å². The van der Waals surface area contributed by atoms with E-state index >= 15 is 0 Å². The quantitative estimate of drug-likeness (QED) is 0.0965. The van der Waals surface area contributed by atoms with E-state index in [0.717, 1.165) is 49.4 Å². The first-order chi connectivity index (χ1) is 19.5. The van der Waals surface area contributed by atoms with Crippen LogP contribution < -0.4 is 0 Å². The maximum absolute atomic E-state index is 11.3. The van der Waals surface area contributed by atoms with E-state index in [1.807, 2.05) is 0 Å². The summed E-state index contributed by atoms with van der Waals surface area (Å²) in [5.41, 5.74) is 0. The summed E-state index contributed by atoms with van der Waals surface area (Å²) in [6, 6.07) is 0. The van der Waals surface area contributed by atoms with Crippen LogP contribution in [-0.4, -0.2) is 16.9 Å². The summed E-state index contributed by atoms with van der Waals surface area (Å²) >= 11 is 0. The van der Waals surface area contributed by atoms with Crippen LogP contribution >= 0.6 is 0 Å². The van der Waals surface area contributed by atoms with Crippen LogP contribution in [0.4, 0.5) is 0 Å². The van der Waals surface area contributed by atoms with Crippen molar-refractivity contribution < 1.29 is 14.7 Å². The molecule has 0 aromatic heterocycles. The van der Waals surface area contributed by atoms with Crippen molar-refractivity contribution in [2.24, 2.45) is 23.7 Å². The highest BCUT2D eigenvalue weighted by Crippen LogP contribution is 2.46. The fourth-order valence-electron chi connectivity index (χ4n) is 7.51. The van der Waals surface area contributed by atoms with E-state index < -0.39 is 5.97 Å². The van der Waals surface area contributed by atoms with Crippen molar-refractivity contribution in [1.82, 2.24) is 0 Å². The highest BCUT2D eigenvalue weighted by atomic mass is 16.4. The predicted octanol–water partition coefficient (Wildman–Crippen LogP) is 12.1. The molecule has 1 saturated carbocycles. The molecule has 0 heterocycles. The van der Waals surface area contributed by atoms with E-state index in [4.69, 9.17) is 5.11 Å². The largest absolute Gasteiger partial charge is 0.481 e. The number of rotatable bonds is 28. The number of carbonyl (C=O) groups excluding carboxylic acids is 1. The van der Waals surface area contributed by atoms with Gasteiger partial charge < -0.3 is 9.90 Å². The molecule has 0 aromatic carbocycles. The van der Waals surface area contributed by atoms with E-state index in [9.17, 15) is 9.59 Å². The third-order valence-corrected chi connectivity index (χ3v) is 9.97. The number of Topliss-reactive ketones (excluding diaryl/α,β-unsaturated/α-hetero) is 1. The molecular weight excluding hydrogens is 492 g/mol. The third-order valence-electron chi connectivity index (χ3n) is 9.97. The van der Waals surface area contributed by atoms with Crippen molar-refractivity contribution in [2.45, 2.75) is 201 Å². The van der Waals surface area contributed by atoms with Crippen LogP contribution in [0.1, 0.15) is 201 Å². The van der Waals surface area contributed by atoms with E-state index in [2.05, 4.69) is 13.8 Å². The van der Waals surface area contributed by atoms with Crippen LogP contribution in [0.3, 0.4) is 0 Å². The van der Waals surface area contributed by atoms with Gasteiger partial charge in [0.05, 0.1) is 0 Å². The van der Waals surface area contributed by atoms with Gasteiger partial charge in [0.25, 0.3) is 0 Å². The normalized spacial score (nSPS) is 21.1. The molecule has 0 saturated heterocycles. The predicted molar refractivity (Wildman–Crippen MR) is 173 cm³/mol. The molecule has 0 aromatic rings. The van der Waals surface area contributed by atoms with Crippen molar-refractivity contribution >= 4 is 11.8 Å². The first-order valence-corrected chi connectivity index (χ1v) is 18.2. The Labute approximate surface area is 250 Å². The van der Waals surface area contributed by atoms with Crippen molar-refractivity contribution in [3.8, 4) is 0 Å². The highest BCUT2D eigenvalue weighted by molar-refractivity contribution is 5.75. The first-order valence-electron chi connectivity index (χ1n) is 18.2. The lowest BCUT2D eigenvalue weighted by Gasteiger charge is -2.42. The number of carbonyl (C=O) groups is 2. The van der Waals surface area contributed by atoms with Gasteiger partial charge in [-0.15, -0.1) is 0 Å². The summed E-state index contributed by atoms with van der Waals surface area (Å²) in [6.07, 6.45) is 35.9. The number of carboxylic acid groups (broad SMARTS) is 1. The highest BCUT2D eigenvalue weighted by Gasteiger charge is 2.35. The summed E-state index contributed by atoms with van der Waals surface area (Å²) in [5.74, 6) is 3.33. The van der Waals surface area contributed by atoms with Gasteiger partial charge in [-0.05, 0) is 56.3 Å². The molecule has 4 unspecified atom stereocenters. The standard InChI is InChI=1S/C37H70O3/c1-4-6-8-10-12-19-25-33-30-35(27-21-15-14-18-24-32(3)38)36(28-22-16-17-23-29-37(39)40)31-34(33)26-20-13-11-9-7-5-2/h33-36H,4-31H2,1-3H3,(H,39,40). The number of ketones is 1. The Balaban J connectivity index is 2.68. The minimum absolute atomic E-state index is 0.330. The Morgan fingerprint density at radius 2 is 0.775 bits per heavy atom. The molecular formula is C37H70O3. The smallest absolute Gasteiger partial charge is 0.303 e. The Morgan fingerprint density at radius 3 is 1.10 bits per heavy atom. The van der Waals surface area contributed by atoms with Crippen LogP contribution in [-0.2, 0) is 9.59 Å². The summed E-state index contributed by atoms with van der Waals surface area (Å²) in [5, 5.41) is 8.96.